The predicted molar refractivity (Wildman–Crippen MR) is 170 cm³/mol. The van der Waals surface area contributed by atoms with E-state index in [0.29, 0.717) is 46.5 Å². The maximum Gasteiger partial charge on any atom is 0.309 e. The van der Waals surface area contributed by atoms with Gasteiger partial charge in [-0.3, -0.25) is 19.4 Å². The first kappa shape index (κ1) is 31.9. The number of hydrogen-bond acceptors (Lipinski definition) is 13. The van der Waals surface area contributed by atoms with Gasteiger partial charge in [-0.15, -0.1) is 0 Å². The van der Waals surface area contributed by atoms with E-state index in [-0.39, 0.29) is 55.5 Å². The van der Waals surface area contributed by atoms with Gasteiger partial charge in [0.25, 0.3) is 0 Å². The number of methoxy groups -OCH3 is 2. The van der Waals surface area contributed by atoms with E-state index >= 15 is 0 Å². The molecule has 0 amide bonds. The second-order valence-corrected chi connectivity index (χ2v) is 14.0. The Hall–Kier alpha value is -3.70. The molecule has 0 radical (unpaired) electrons. The summed E-state index contributed by atoms with van der Waals surface area (Å²) in [4.78, 5) is 30.4. The van der Waals surface area contributed by atoms with Crippen LogP contribution in [0.2, 0.25) is 0 Å². The summed E-state index contributed by atoms with van der Waals surface area (Å²) >= 11 is 1.60. The molecule has 13 heteroatoms. The molecule has 0 aliphatic carbocycles. The Labute approximate surface area is 278 Å². The Balaban J connectivity index is 1.56. The average Bonchev–Trinajstić information content (AvgIpc) is 3.53. The normalized spacial score (nSPS) is 29.1. The fourth-order valence-electron chi connectivity index (χ4n) is 8.29. The van der Waals surface area contributed by atoms with Crippen LogP contribution in [-0.2, 0) is 25.5 Å². The lowest BCUT2D eigenvalue weighted by Gasteiger charge is -2.61. The molecule has 0 spiro atoms. The number of benzene rings is 2. The van der Waals surface area contributed by atoms with Crippen LogP contribution in [0.1, 0.15) is 64.6 Å². The van der Waals surface area contributed by atoms with Gasteiger partial charge in [0.1, 0.15) is 18.4 Å². The van der Waals surface area contributed by atoms with Gasteiger partial charge in [0, 0.05) is 54.1 Å². The van der Waals surface area contributed by atoms with Crippen LogP contribution in [0.25, 0.3) is 0 Å². The largest absolute Gasteiger partial charge is 0.493 e. The van der Waals surface area contributed by atoms with Crippen LogP contribution in [-0.4, -0.2) is 87.1 Å². The van der Waals surface area contributed by atoms with E-state index in [9.17, 15) is 14.9 Å². The van der Waals surface area contributed by atoms with Crippen molar-refractivity contribution >= 4 is 23.7 Å². The summed E-state index contributed by atoms with van der Waals surface area (Å²) in [6, 6.07) is 2.80. The van der Waals surface area contributed by atoms with Crippen LogP contribution >= 0.6 is 11.8 Å². The molecule has 0 N–H and O–H groups in total. The highest BCUT2D eigenvalue weighted by Gasteiger charge is 2.60. The summed E-state index contributed by atoms with van der Waals surface area (Å²) in [5.74, 6) is 1.99. The van der Waals surface area contributed by atoms with E-state index in [1.165, 1.54) is 6.92 Å². The molecule has 5 aliphatic rings. The number of likely N-dealkylation sites (N-methyl/N-ethyl adjacent to an activating group) is 1. The highest BCUT2D eigenvalue weighted by molar-refractivity contribution is 7.99. The number of fused-ring (bicyclic) bond motifs is 9. The molecule has 2 fully saturated rings. The Morgan fingerprint density at radius 2 is 1.87 bits per heavy atom. The Morgan fingerprint density at radius 1 is 1.11 bits per heavy atom. The first-order valence-electron chi connectivity index (χ1n) is 15.8. The smallest absolute Gasteiger partial charge is 0.309 e. The van der Waals surface area contributed by atoms with Gasteiger partial charge in [-0.05, 0) is 38.4 Å². The van der Waals surface area contributed by atoms with Gasteiger partial charge in [-0.1, -0.05) is 13.0 Å². The van der Waals surface area contributed by atoms with E-state index in [0.717, 1.165) is 27.8 Å². The number of aryl methyl sites for hydroxylation is 1. The minimum Gasteiger partial charge on any atom is -0.493 e. The lowest BCUT2D eigenvalue weighted by molar-refractivity contribution is -0.153. The van der Waals surface area contributed by atoms with Crippen molar-refractivity contribution in [1.82, 2.24) is 9.80 Å². The molecule has 0 aromatic heterocycles. The van der Waals surface area contributed by atoms with Crippen LogP contribution in [0.5, 0.6) is 28.7 Å². The molecule has 7 rings (SSSR count). The van der Waals surface area contributed by atoms with Gasteiger partial charge in [-0.2, -0.15) is 17.0 Å². The van der Waals surface area contributed by atoms with Gasteiger partial charge in [-0.25, -0.2) is 0 Å². The number of carbonyl (C=O) groups excluding carboxylic acids is 2. The molecule has 5 aliphatic heterocycles. The van der Waals surface area contributed by atoms with Gasteiger partial charge < -0.3 is 33.2 Å². The van der Waals surface area contributed by atoms with E-state index in [1.54, 1.807) is 26.0 Å². The summed E-state index contributed by atoms with van der Waals surface area (Å²) in [7, 11) is 5.27. The van der Waals surface area contributed by atoms with E-state index < -0.39 is 18.1 Å². The molecule has 0 saturated carbocycles. The maximum atomic E-state index is 13.2. The minimum absolute atomic E-state index is 0.000691. The van der Waals surface area contributed by atoms with Crippen molar-refractivity contribution in [3.8, 4) is 34.8 Å². The molecule has 2 aromatic rings. The molecule has 5 heterocycles. The predicted octanol–water partition coefficient (Wildman–Crippen LogP) is 4.14. The molecule has 7 atom stereocenters. The SMILES string of the molecule is COCOc1c(OC)c(C)cc2c1[C@@H]1C3[C@@H]4SC[C@H](C)C(=O)OC[C@@H](c5c6c(c(C)c(OC(C)=O)c54)OCO6)N3[C@@H](C#N)[C@H](C2)N1C. The van der Waals surface area contributed by atoms with Crippen molar-refractivity contribution in [3.63, 3.8) is 0 Å². The molecule has 4 bridgehead atoms. The highest BCUT2D eigenvalue weighted by Crippen LogP contribution is 2.64. The Kier molecular flexibility index (Phi) is 8.19. The zero-order valence-electron chi connectivity index (χ0n) is 27.6. The molecule has 2 aromatic carbocycles. The van der Waals surface area contributed by atoms with E-state index in [4.69, 9.17) is 33.2 Å². The monoisotopic (exact) mass is 665 g/mol. The van der Waals surface area contributed by atoms with Crippen molar-refractivity contribution in [2.75, 3.05) is 47.2 Å². The molecular formula is C34H39N3O9S. The van der Waals surface area contributed by atoms with Crippen molar-refractivity contribution in [3.05, 3.63) is 39.4 Å². The number of rotatable bonds is 5. The van der Waals surface area contributed by atoms with Crippen molar-refractivity contribution < 1.29 is 42.7 Å². The van der Waals surface area contributed by atoms with Crippen LogP contribution in [0.3, 0.4) is 0 Å². The first-order chi connectivity index (χ1) is 22.6. The number of cyclic esters (lactones) is 1. The third kappa shape index (κ3) is 4.75. The Morgan fingerprint density at radius 3 is 2.57 bits per heavy atom. The zero-order chi connectivity index (χ0) is 33.3. The summed E-state index contributed by atoms with van der Waals surface area (Å²) in [5, 5.41) is 10.6. The summed E-state index contributed by atoms with van der Waals surface area (Å²) in [6.07, 6.45) is 0.594. The van der Waals surface area contributed by atoms with Gasteiger partial charge in [0.2, 0.25) is 6.79 Å². The number of hydrogen-bond donors (Lipinski definition) is 0. The van der Waals surface area contributed by atoms with Gasteiger partial charge in [0.15, 0.2) is 29.8 Å². The zero-order valence-corrected chi connectivity index (χ0v) is 28.4. The second kappa shape index (κ2) is 12.1. The van der Waals surface area contributed by atoms with Crippen LogP contribution in [0, 0.1) is 31.1 Å². The van der Waals surface area contributed by atoms with Gasteiger partial charge >= 0.3 is 11.9 Å². The van der Waals surface area contributed by atoms with Crippen molar-refractivity contribution in [2.45, 2.75) is 69.6 Å². The third-order valence-electron chi connectivity index (χ3n) is 10.2. The molecule has 47 heavy (non-hydrogen) atoms. The maximum absolute atomic E-state index is 13.2. The van der Waals surface area contributed by atoms with E-state index in [1.807, 2.05) is 20.8 Å². The van der Waals surface area contributed by atoms with Crippen molar-refractivity contribution in [2.24, 2.45) is 5.92 Å². The molecule has 12 nitrogen and oxygen atoms in total. The van der Waals surface area contributed by atoms with Crippen molar-refractivity contribution in [1.29, 1.82) is 5.26 Å². The number of thioether (sulfide) groups is 1. The average molecular weight is 666 g/mol. The number of nitriles is 1. The van der Waals surface area contributed by atoms with Crippen LogP contribution in [0.15, 0.2) is 6.07 Å². The number of nitrogens with zero attached hydrogens (tertiary/aromatic N) is 3. The second-order valence-electron chi connectivity index (χ2n) is 12.8. The lowest BCUT2D eigenvalue weighted by Crippen LogP contribution is -2.69. The summed E-state index contributed by atoms with van der Waals surface area (Å²) in [5.41, 5.74) is 5.18. The highest BCUT2D eigenvalue weighted by atomic mass is 32.2. The Bertz CT molecular complexity index is 1690. The molecular weight excluding hydrogens is 626 g/mol. The summed E-state index contributed by atoms with van der Waals surface area (Å²) < 4.78 is 41.8. The number of ether oxygens (including phenoxy) is 7. The fourth-order valence-corrected chi connectivity index (χ4v) is 9.81. The fraction of sp³-hybridized carbons (Fsp3) is 0.559. The molecule has 250 valence electrons. The van der Waals surface area contributed by atoms with Crippen LogP contribution in [0.4, 0.5) is 0 Å². The topological polar surface area (TPSA) is 129 Å². The summed E-state index contributed by atoms with van der Waals surface area (Å²) in [6.45, 7) is 7.12. The number of piperazine rings is 1. The number of carbonyl (C=O) groups is 2. The molecule has 1 unspecified atom stereocenters. The van der Waals surface area contributed by atoms with Gasteiger partial charge in [0.05, 0.1) is 36.4 Å². The standard InChI is InChI=1S/C34H39N3O9S/c1-15-8-19-9-20-21(10-35)37-22-11-42-34(39)16(2)12-47-33(25-24(22)32-30(44-14-45-32)17(3)29(25)46-18(4)38)27(37)26(36(20)5)23(19)31(28(15)41-7)43-13-40-6/h8,16,20-22,26-27,33H,9,11-14H2,1-7H3/t16-,20-,21-,22-,26+,27?,33+/m0/s1. The first-order valence-corrected chi connectivity index (χ1v) is 16.8. The molecule has 2 saturated heterocycles. The van der Waals surface area contributed by atoms with E-state index in [2.05, 4.69) is 29.0 Å². The lowest BCUT2D eigenvalue weighted by atomic mass is 9.71. The quantitative estimate of drug-likeness (QED) is 0.258. The third-order valence-corrected chi connectivity index (χ3v) is 11.7. The number of esters is 2. The minimum atomic E-state index is -0.591. The van der Waals surface area contributed by atoms with Crippen LogP contribution < -0.4 is 23.7 Å².